The van der Waals surface area contributed by atoms with E-state index in [0.717, 1.165) is 39.5 Å². The molecule has 7 aromatic carbocycles. The molecule has 0 spiro atoms. The zero-order valence-corrected chi connectivity index (χ0v) is 24.1. The number of nitrogens with zero attached hydrogens (tertiary/aromatic N) is 2. The van der Waals surface area contributed by atoms with Gasteiger partial charge in [0.15, 0.2) is 5.84 Å². The van der Waals surface area contributed by atoms with Crippen molar-refractivity contribution in [2.45, 2.75) is 6.17 Å². The van der Waals surface area contributed by atoms with Crippen molar-refractivity contribution in [1.82, 2.24) is 5.32 Å². The van der Waals surface area contributed by atoms with Gasteiger partial charge >= 0.3 is 0 Å². The van der Waals surface area contributed by atoms with Crippen LogP contribution in [0.4, 0.5) is 0 Å². The molecule has 3 nitrogen and oxygen atoms in total. The molecule has 0 fully saturated rings. The minimum absolute atomic E-state index is 0.332. The van der Waals surface area contributed by atoms with Crippen LogP contribution in [-0.4, -0.2) is 11.7 Å². The van der Waals surface area contributed by atoms with Crippen LogP contribution in [0.3, 0.4) is 0 Å². The van der Waals surface area contributed by atoms with Crippen molar-refractivity contribution in [3.05, 3.63) is 180 Å². The van der Waals surface area contributed by atoms with E-state index in [1.165, 1.54) is 32.7 Å². The lowest BCUT2D eigenvalue weighted by Crippen LogP contribution is -2.33. The Labute approximate surface area is 256 Å². The number of aliphatic imine (C=N–C) groups is 2. The molecule has 8 rings (SSSR count). The van der Waals surface area contributed by atoms with Crippen molar-refractivity contribution in [2.75, 3.05) is 0 Å². The van der Waals surface area contributed by atoms with E-state index in [-0.39, 0.29) is 6.17 Å². The second-order valence-corrected chi connectivity index (χ2v) is 11.1. The predicted octanol–water partition coefficient (Wildman–Crippen LogP) is 9.82. The topological polar surface area (TPSA) is 36.8 Å². The molecule has 1 atom stereocenters. The van der Waals surface area contributed by atoms with E-state index in [2.05, 4.69) is 133 Å². The Kier molecular flexibility index (Phi) is 6.54. The molecule has 1 N–H and O–H groups in total. The largest absolute Gasteiger partial charge is 0.344 e. The zero-order chi connectivity index (χ0) is 29.3. The Bertz CT molecular complexity index is 2090. The van der Waals surface area contributed by atoms with E-state index < -0.39 is 0 Å². The molecule has 0 bridgehead atoms. The zero-order valence-electron chi connectivity index (χ0n) is 24.1. The number of nitrogens with one attached hydrogen (secondary N) is 1. The molecule has 1 aliphatic rings. The summed E-state index contributed by atoms with van der Waals surface area (Å²) in [5.41, 5.74) is 7.81. The molecule has 0 aliphatic carbocycles. The van der Waals surface area contributed by atoms with Gasteiger partial charge in [-0.05, 0) is 67.6 Å². The number of fused-ring (bicyclic) bond motifs is 2. The minimum atomic E-state index is -0.332. The summed E-state index contributed by atoms with van der Waals surface area (Å²) >= 11 is 0. The molecule has 1 aliphatic heterocycles. The van der Waals surface area contributed by atoms with Gasteiger partial charge in [-0.2, -0.15) is 0 Å². The highest BCUT2D eigenvalue weighted by Gasteiger charge is 2.22. The third-order valence-electron chi connectivity index (χ3n) is 8.29. The molecule has 208 valence electrons. The van der Waals surface area contributed by atoms with Crippen LogP contribution in [0.25, 0.3) is 43.8 Å². The molecular weight excluding hydrogens is 534 g/mol. The molecular formula is C41H29N3. The summed E-state index contributed by atoms with van der Waals surface area (Å²) in [6.07, 6.45) is -0.332. The maximum atomic E-state index is 5.21. The Morgan fingerprint density at radius 3 is 1.52 bits per heavy atom. The summed E-state index contributed by atoms with van der Waals surface area (Å²) in [6.45, 7) is 0. The summed E-state index contributed by atoms with van der Waals surface area (Å²) in [6, 6.07) is 57.7. The molecule has 0 amide bonds. The SMILES string of the molecule is c1ccc(C2=N[C@@H](c3cc(-c4cccc5ccccc45)cc(-c4cccc5ccccc45)c3)NC(c3ccccc3)=N2)cc1. The molecule has 0 aromatic heterocycles. The third-order valence-corrected chi connectivity index (χ3v) is 8.29. The maximum Gasteiger partial charge on any atom is 0.159 e. The Morgan fingerprint density at radius 1 is 0.432 bits per heavy atom. The summed E-state index contributed by atoms with van der Waals surface area (Å²) in [7, 11) is 0. The van der Waals surface area contributed by atoms with Gasteiger partial charge in [-0.1, -0.05) is 146 Å². The summed E-state index contributed by atoms with van der Waals surface area (Å²) in [5, 5.41) is 8.58. The van der Waals surface area contributed by atoms with E-state index in [9.17, 15) is 0 Å². The number of hydrogen-bond acceptors (Lipinski definition) is 3. The predicted molar refractivity (Wildman–Crippen MR) is 184 cm³/mol. The number of rotatable bonds is 5. The van der Waals surface area contributed by atoms with Crippen molar-refractivity contribution in [2.24, 2.45) is 9.98 Å². The Hall–Kier alpha value is -5.80. The van der Waals surface area contributed by atoms with Crippen LogP contribution >= 0.6 is 0 Å². The second-order valence-electron chi connectivity index (χ2n) is 11.1. The fraction of sp³-hybridized carbons (Fsp3) is 0.0244. The van der Waals surface area contributed by atoms with Gasteiger partial charge in [-0.15, -0.1) is 0 Å². The van der Waals surface area contributed by atoms with Crippen LogP contribution in [0.1, 0.15) is 22.9 Å². The van der Waals surface area contributed by atoms with Crippen molar-refractivity contribution in [3.8, 4) is 22.3 Å². The van der Waals surface area contributed by atoms with E-state index in [4.69, 9.17) is 9.98 Å². The number of amidine groups is 2. The first-order valence-corrected chi connectivity index (χ1v) is 15.0. The fourth-order valence-electron chi connectivity index (χ4n) is 6.15. The quantitative estimate of drug-likeness (QED) is 0.222. The van der Waals surface area contributed by atoms with Gasteiger partial charge in [0.1, 0.15) is 12.0 Å². The van der Waals surface area contributed by atoms with Crippen LogP contribution < -0.4 is 5.32 Å². The highest BCUT2D eigenvalue weighted by atomic mass is 15.2. The summed E-state index contributed by atoms with van der Waals surface area (Å²) < 4.78 is 0. The standard InChI is InChI=1S/C41H29N3/c1-3-15-30(16-4-1)39-42-40(31-17-5-2-6-18-31)44-41(43-39)34-26-32(37-23-11-19-28-13-7-9-21-35(28)37)25-33(27-34)38-24-12-20-29-14-8-10-22-36(29)38/h1-27,41H,(H,42,43,44). The first-order chi connectivity index (χ1) is 21.8. The second kappa shape index (κ2) is 11.1. The lowest BCUT2D eigenvalue weighted by molar-refractivity contribution is 0.675. The van der Waals surface area contributed by atoms with Gasteiger partial charge in [0, 0.05) is 11.1 Å². The Balaban J connectivity index is 1.35. The highest BCUT2D eigenvalue weighted by Crippen LogP contribution is 2.37. The first-order valence-electron chi connectivity index (χ1n) is 15.0. The lowest BCUT2D eigenvalue weighted by Gasteiger charge is -2.25. The van der Waals surface area contributed by atoms with E-state index in [1.54, 1.807) is 0 Å². The molecule has 0 saturated heterocycles. The molecule has 3 heteroatoms. The molecule has 0 radical (unpaired) electrons. The smallest absolute Gasteiger partial charge is 0.159 e. The summed E-state index contributed by atoms with van der Waals surface area (Å²) in [5.74, 6) is 1.53. The van der Waals surface area contributed by atoms with Crippen molar-refractivity contribution in [3.63, 3.8) is 0 Å². The monoisotopic (exact) mass is 563 g/mol. The van der Waals surface area contributed by atoms with E-state index in [0.29, 0.717) is 0 Å². The molecule has 7 aromatic rings. The van der Waals surface area contributed by atoms with Crippen LogP contribution in [0.5, 0.6) is 0 Å². The first kappa shape index (κ1) is 25.9. The summed E-state index contributed by atoms with van der Waals surface area (Å²) in [4.78, 5) is 10.2. The van der Waals surface area contributed by atoms with Crippen LogP contribution in [-0.2, 0) is 0 Å². The van der Waals surface area contributed by atoms with E-state index in [1.807, 2.05) is 36.4 Å². The van der Waals surface area contributed by atoms with Crippen LogP contribution in [0.15, 0.2) is 174 Å². The van der Waals surface area contributed by atoms with Crippen LogP contribution in [0.2, 0.25) is 0 Å². The van der Waals surface area contributed by atoms with E-state index >= 15 is 0 Å². The normalized spacial score (nSPS) is 14.6. The van der Waals surface area contributed by atoms with Crippen molar-refractivity contribution < 1.29 is 0 Å². The maximum absolute atomic E-state index is 5.21. The van der Waals surface area contributed by atoms with Gasteiger partial charge in [0.25, 0.3) is 0 Å². The van der Waals surface area contributed by atoms with Gasteiger partial charge in [-0.3, -0.25) is 0 Å². The molecule has 0 unspecified atom stereocenters. The van der Waals surface area contributed by atoms with Gasteiger partial charge < -0.3 is 5.32 Å². The van der Waals surface area contributed by atoms with Crippen molar-refractivity contribution >= 4 is 33.2 Å². The molecule has 44 heavy (non-hydrogen) atoms. The average molecular weight is 564 g/mol. The minimum Gasteiger partial charge on any atom is -0.344 e. The van der Waals surface area contributed by atoms with Crippen LogP contribution in [0, 0.1) is 0 Å². The van der Waals surface area contributed by atoms with Gasteiger partial charge in [-0.25, -0.2) is 9.98 Å². The third kappa shape index (κ3) is 4.85. The molecule has 1 heterocycles. The average Bonchev–Trinajstić information content (AvgIpc) is 3.11. The lowest BCUT2D eigenvalue weighted by atomic mass is 9.90. The van der Waals surface area contributed by atoms with Crippen molar-refractivity contribution in [1.29, 1.82) is 0 Å². The number of benzene rings is 7. The number of hydrogen-bond donors (Lipinski definition) is 1. The fourth-order valence-corrected chi connectivity index (χ4v) is 6.15. The molecule has 0 saturated carbocycles. The van der Waals surface area contributed by atoms with Gasteiger partial charge in [0.2, 0.25) is 0 Å². The Morgan fingerprint density at radius 2 is 0.932 bits per heavy atom. The van der Waals surface area contributed by atoms with Gasteiger partial charge in [0.05, 0.1) is 0 Å². The highest BCUT2D eigenvalue weighted by molar-refractivity contribution is 6.13.